The van der Waals surface area contributed by atoms with Crippen molar-refractivity contribution < 1.29 is 4.79 Å². The van der Waals surface area contributed by atoms with Crippen molar-refractivity contribution in [2.45, 2.75) is 32.2 Å². The minimum Gasteiger partial charge on any atom is -0.353 e. The molecule has 0 saturated heterocycles. The molecule has 3 rings (SSSR count). The van der Waals surface area contributed by atoms with Crippen molar-refractivity contribution in [1.82, 2.24) is 19.9 Å². The maximum Gasteiger partial charge on any atom is 0.243 e. The maximum atomic E-state index is 11.5. The molecule has 0 spiro atoms. The number of nitrogens with one attached hydrogen (secondary N) is 2. The van der Waals surface area contributed by atoms with E-state index in [4.69, 9.17) is 0 Å². The Balaban J connectivity index is 1.54. The van der Waals surface area contributed by atoms with Gasteiger partial charge in [-0.1, -0.05) is 0 Å². The van der Waals surface area contributed by atoms with Gasteiger partial charge >= 0.3 is 0 Å². The van der Waals surface area contributed by atoms with E-state index in [0.29, 0.717) is 25.0 Å². The van der Waals surface area contributed by atoms with Crippen LogP contribution in [0.25, 0.3) is 5.65 Å². The van der Waals surface area contributed by atoms with Gasteiger partial charge in [-0.3, -0.25) is 4.79 Å². The van der Waals surface area contributed by atoms with Crippen LogP contribution in [-0.4, -0.2) is 33.1 Å². The van der Waals surface area contributed by atoms with Gasteiger partial charge in [0, 0.05) is 25.2 Å². The summed E-state index contributed by atoms with van der Waals surface area (Å²) < 4.78 is 1.72. The second kappa shape index (κ2) is 4.87. The zero-order valence-corrected chi connectivity index (χ0v) is 10.9. The fourth-order valence-corrected chi connectivity index (χ4v) is 1.87. The lowest BCUT2D eigenvalue weighted by Crippen LogP contribution is -2.27. The summed E-state index contributed by atoms with van der Waals surface area (Å²) >= 11 is 0. The molecule has 6 nitrogen and oxygen atoms in total. The highest BCUT2D eigenvalue weighted by molar-refractivity contribution is 5.77. The van der Waals surface area contributed by atoms with Crippen molar-refractivity contribution in [2.75, 3.05) is 11.9 Å². The van der Waals surface area contributed by atoms with Crippen LogP contribution < -0.4 is 10.6 Å². The lowest BCUT2D eigenvalue weighted by molar-refractivity contribution is -0.120. The van der Waals surface area contributed by atoms with Crippen molar-refractivity contribution in [2.24, 2.45) is 0 Å². The average Bonchev–Trinajstić information content (AvgIpc) is 3.07. The number of carbonyl (C=O) groups excluding carboxylic acids is 1. The Labute approximate surface area is 111 Å². The number of rotatable bonds is 5. The minimum atomic E-state index is 0.0922. The van der Waals surface area contributed by atoms with Gasteiger partial charge < -0.3 is 10.6 Å². The molecule has 100 valence electrons. The summed E-state index contributed by atoms with van der Waals surface area (Å²) in [6.07, 6.45) is 4.56. The molecule has 0 radical (unpaired) electrons. The van der Waals surface area contributed by atoms with Crippen LogP contribution in [0.4, 0.5) is 5.95 Å². The summed E-state index contributed by atoms with van der Waals surface area (Å²) in [6.45, 7) is 2.57. The van der Waals surface area contributed by atoms with E-state index in [0.717, 1.165) is 24.1 Å². The molecule has 1 aliphatic carbocycles. The van der Waals surface area contributed by atoms with Crippen molar-refractivity contribution in [1.29, 1.82) is 0 Å². The quantitative estimate of drug-likeness (QED) is 0.844. The number of nitrogens with zero attached hydrogens (tertiary/aromatic N) is 3. The maximum absolute atomic E-state index is 11.5. The standard InChI is InChI=1S/C13H17N5O/c1-9-5-7-18-11(8-9)16-13(17-18)14-6-4-12(19)15-10-2-3-10/h5,7-8,10H,2-4,6H2,1H3,(H,14,17)(H,15,19). The zero-order valence-electron chi connectivity index (χ0n) is 10.9. The molecule has 2 aromatic rings. The second-order valence-corrected chi connectivity index (χ2v) is 4.96. The summed E-state index contributed by atoms with van der Waals surface area (Å²) in [5, 5.41) is 10.3. The van der Waals surface area contributed by atoms with Crippen LogP contribution in [0.15, 0.2) is 18.3 Å². The average molecular weight is 259 g/mol. The largest absolute Gasteiger partial charge is 0.353 e. The molecule has 0 bridgehead atoms. The summed E-state index contributed by atoms with van der Waals surface area (Å²) in [6, 6.07) is 4.37. The van der Waals surface area contributed by atoms with Crippen LogP contribution in [0, 0.1) is 6.92 Å². The highest BCUT2D eigenvalue weighted by atomic mass is 16.1. The lowest BCUT2D eigenvalue weighted by atomic mass is 10.3. The molecule has 1 saturated carbocycles. The number of carbonyl (C=O) groups is 1. The predicted molar refractivity (Wildman–Crippen MR) is 72.0 cm³/mol. The number of aromatic nitrogens is 3. The van der Waals surface area contributed by atoms with Gasteiger partial charge in [0.05, 0.1) is 0 Å². The number of anilines is 1. The molecule has 1 amide bonds. The SMILES string of the molecule is Cc1ccn2nc(NCCC(=O)NC3CC3)nc2c1. The lowest BCUT2D eigenvalue weighted by Gasteiger charge is -2.03. The molecule has 0 atom stereocenters. The fourth-order valence-electron chi connectivity index (χ4n) is 1.87. The van der Waals surface area contributed by atoms with Crippen LogP contribution >= 0.6 is 0 Å². The van der Waals surface area contributed by atoms with Crippen molar-refractivity contribution >= 4 is 17.5 Å². The first-order valence-electron chi connectivity index (χ1n) is 6.57. The highest BCUT2D eigenvalue weighted by Crippen LogP contribution is 2.18. The van der Waals surface area contributed by atoms with E-state index in [1.807, 2.05) is 25.3 Å². The Morgan fingerprint density at radius 3 is 3.16 bits per heavy atom. The first kappa shape index (κ1) is 12.0. The van der Waals surface area contributed by atoms with Crippen LogP contribution in [-0.2, 0) is 4.79 Å². The molecule has 1 fully saturated rings. The minimum absolute atomic E-state index is 0.0922. The van der Waals surface area contributed by atoms with E-state index in [9.17, 15) is 4.79 Å². The third-order valence-corrected chi connectivity index (χ3v) is 3.07. The molecule has 0 aliphatic heterocycles. The molecular weight excluding hydrogens is 242 g/mol. The number of hydrogen-bond donors (Lipinski definition) is 2. The number of fused-ring (bicyclic) bond motifs is 1. The third kappa shape index (κ3) is 3.01. The number of pyridine rings is 1. The van der Waals surface area contributed by atoms with Crippen LogP contribution in [0.5, 0.6) is 0 Å². The van der Waals surface area contributed by atoms with Crippen LogP contribution in [0.3, 0.4) is 0 Å². The predicted octanol–water partition coefficient (Wildman–Crippen LogP) is 1.12. The molecule has 19 heavy (non-hydrogen) atoms. The van der Waals surface area contributed by atoms with E-state index in [1.165, 1.54) is 0 Å². The highest BCUT2D eigenvalue weighted by Gasteiger charge is 2.22. The fraction of sp³-hybridized carbons (Fsp3) is 0.462. The van der Waals surface area contributed by atoms with Gasteiger partial charge in [0.2, 0.25) is 11.9 Å². The molecule has 2 heterocycles. The van der Waals surface area contributed by atoms with E-state index >= 15 is 0 Å². The van der Waals surface area contributed by atoms with Gasteiger partial charge in [-0.15, -0.1) is 5.10 Å². The Morgan fingerprint density at radius 1 is 1.53 bits per heavy atom. The topological polar surface area (TPSA) is 71.3 Å². The molecular formula is C13H17N5O. The second-order valence-electron chi connectivity index (χ2n) is 4.96. The van der Waals surface area contributed by atoms with E-state index in [-0.39, 0.29) is 5.91 Å². The van der Waals surface area contributed by atoms with E-state index < -0.39 is 0 Å². The van der Waals surface area contributed by atoms with Gasteiger partial charge in [0.15, 0.2) is 5.65 Å². The molecule has 2 aromatic heterocycles. The summed E-state index contributed by atoms with van der Waals surface area (Å²) in [4.78, 5) is 15.9. The molecule has 1 aliphatic rings. The zero-order chi connectivity index (χ0) is 13.2. The molecule has 2 N–H and O–H groups in total. The van der Waals surface area contributed by atoms with Crippen molar-refractivity contribution in [3.05, 3.63) is 23.9 Å². The van der Waals surface area contributed by atoms with Crippen molar-refractivity contribution in [3.63, 3.8) is 0 Å². The third-order valence-electron chi connectivity index (χ3n) is 3.07. The first-order chi connectivity index (χ1) is 9.20. The van der Waals surface area contributed by atoms with Gasteiger partial charge in [-0.25, -0.2) is 4.52 Å². The van der Waals surface area contributed by atoms with Crippen LogP contribution in [0.1, 0.15) is 24.8 Å². The van der Waals surface area contributed by atoms with Crippen LogP contribution in [0.2, 0.25) is 0 Å². The van der Waals surface area contributed by atoms with Gasteiger partial charge in [-0.05, 0) is 37.5 Å². The van der Waals surface area contributed by atoms with E-state index in [2.05, 4.69) is 20.7 Å². The summed E-state index contributed by atoms with van der Waals surface area (Å²) in [7, 11) is 0. The van der Waals surface area contributed by atoms with Gasteiger partial charge in [0.1, 0.15) is 0 Å². The Hall–Kier alpha value is -2.11. The Kier molecular flexibility index (Phi) is 3.06. The molecule has 0 unspecified atom stereocenters. The van der Waals surface area contributed by atoms with Crippen molar-refractivity contribution in [3.8, 4) is 0 Å². The number of aryl methyl sites for hydroxylation is 1. The molecule has 6 heteroatoms. The smallest absolute Gasteiger partial charge is 0.243 e. The molecule has 0 aromatic carbocycles. The number of hydrogen-bond acceptors (Lipinski definition) is 4. The Morgan fingerprint density at radius 2 is 2.37 bits per heavy atom. The summed E-state index contributed by atoms with van der Waals surface area (Å²) in [5.41, 5.74) is 1.96. The number of amides is 1. The Bertz CT molecular complexity index is 602. The van der Waals surface area contributed by atoms with Gasteiger partial charge in [0.25, 0.3) is 0 Å². The van der Waals surface area contributed by atoms with E-state index in [1.54, 1.807) is 4.52 Å². The van der Waals surface area contributed by atoms with Gasteiger partial charge in [-0.2, -0.15) is 4.98 Å². The first-order valence-corrected chi connectivity index (χ1v) is 6.57. The monoisotopic (exact) mass is 259 g/mol. The normalized spacial score (nSPS) is 14.6. The summed E-state index contributed by atoms with van der Waals surface area (Å²) in [5.74, 6) is 0.652.